The van der Waals surface area contributed by atoms with Gasteiger partial charge in [0.1, 0.15) is 11.4 Å². The monoisotopic (exact) mass is 422 g/mol. The zero-order valence-electron chi connectivity index (χ0n) is 16.4. The van der Waals surface area contributed by atoms with Crippen molar-refractivity contribution in [2.75, 3.05) is 19.0 Å². The topological polar surface area (TPSA) is 137 Å². The van der Waals surface area contributed by atoms with Crippen LogP contribution in [-0.2, 0) is 11.3 Å². The zero-order valence-corrected chi connectivity index (χ0v) is 16.4. The third-order valence-corrected chi connectivity index (χ3v) is 4.41. The lowest BCUT2D eigenvalue weighted by molar-refractivity contribution is 0.102. The molecule has 2 N–H and O–H groups in total. The summed E-state index contributed by atoms with van der Waals surface area (Å²) >= 11 is 0. The second kappa shape index (κ2) is 8.63. The summed E-state index contributed by atoms with van der Waals surface area (Å²) in [6.07, 6.45) is 4.65. The molecule has 1 amide bonds. The van der Waals surface area contributed by atoms with Gasteiger partial charge in [-0.15, -0.1) is 0 Å². The van der Waals surface area contributed by atoms with Crippen LogP contribution in [0.1, 0.15) is 10.4 Å². The van der Waals surface area contributed by atoms with E-state index in [-0.39, 0.29) is 17.0 Å². The van der Waals surface area contributed by atoms with Crippen LogP contribution >= 0.6 is 0 Å². The van der Waals surface area contributed by atoms with Crippen molar-refractivity contribution >= 4 is 17.7 Å². The van der Waals surface area contributed by atoms with Crippen LogP contribution in [0.25, 0.3) is 22.8 Å². The summed E-state index contributed by atoms with van der Waals surface area (Å²) in [6, 6.07) is 8.30. The highest BCUT2D eigenvalue weighted by Crippen LogP contribution is 2.28. The van der Waals surface area contributed by atoms with E-state index in [2.05, 4.69) is 20.5 Å². The van der Waals surface area contributed by atoms with E-state index in [1.807, 2.05) is 6.07 Å². The second-order valence-electron chi connectivity index (χ2n) is 6.39. The number of methoxy groups -OCH3 is 1. The number of hydrogen-bond donors (Lipinski definition) is 2. The molecule has 0 fully saturated rings. The first-order valence-corrected chi connectivity index (χ1v) is 9.23. The Morgan fingerprint density at radius 1 is 1.23 bits per heavy atom. The minimum Gasteiger partial charge on any atom is -0.463 e. The number of pyridine rings is 1. The number of carbonyl (C=O) groups excluding carboxylic acids is 1. The molecule has 0 aliphatic carbocycles. The van der Waals surface area contributed by atoms with E-state index < -0.39 is 12.0 Å². The molecule has 0 aliphatic rings. The first-order valence-electron chi connectivity index (χ1n) is 9.23. The van der Waals surface area contributed by atoms with E-state index in [4.69, 9.17) is 9.15 Å². The summed E-state index contributed by atoms with van der Waals surface area (Å²) in [7, 11) is 1.59. The van der Waals surface area contributed by atoms with E-state index >= 15 is 0 Å². The molecular weight excluding hydrogens is 404 g/mol. The van der Waals surface area contributed by atoms with Crippen molar-refractivity contribution in [3.63, 3.8) is 0 Å². The van der Waals surface area contributed by atoms with Crippen molar-refractivity contribution in [3.8, 4) is 22.8 Å². The lowest BCUT2D eigenvalue weighted by Crippen LogP contribution is -2.15. The van der Waals surface area contributed by atoms with Crippen molar-refractivity contribution < 1.29 is 23.8 Å². The number of anilines is 1. The van der Waals surface area contributed by atoms with E-state index in [1.165, 1.54) is 24.6 Å². The molecule has 4 rings (SSSR count). The van der Waals surface area contributed by atoms with Gasteiger partial charge in [0.2, 0.25) is 0 Å². The predicted octanol–water partition coefficient (Wildman–Crippen LogP) is 2.83. The van der Waals surface area contributed by atoms with Crippen LogP contribution in [0.3, 0.4) is 0 Å². The number of carbonyl (C=O) groups is 2. The fraction of sp³-hybridized carbons (Fsp3) is 0.150. The molecule has 4 heterocycles. The lowest BCUT2D eigenvalue weighted by Gasteiger charge is -2.06. The van der Waals surface area contributed by atoms with Gasteiger partial charge in [-0.2, -0.15) is 14.9 Å². The number of rotatable bonds is 7. The molecule has 0 atom stereocenters. The highest BCUT2D eigenvalue weighted by Gasteiger charge is 2.23. The minimum atomic E-state index is -1.29. The Labute approximate surface area is 175 Å². The lowest BCUT2D eigenvalue weighted by atomic mass is 10.1. The number of hydrogen-bond acceptors (Lipinski definition) is 7. The molecule has 31 heavy (non-hydrogen) atoms. The summed E-state index contributed by atoms with van der Waals surface area (Å²) in [5.74, 6) is -0.408. The maximum atomic E-state index is 13.0. The number of ether oxygens (including phenoxy) is 1. The Bertz CT molecular complexity index is 1210. The summed E-state index contributed by atoms with van der Waals surface area (Å²) in [6.45, 7) is 0.933. The Kier molecular flexibility index (Phi) is 5.58. The molecule has 0 spiro atoms. The summed E-state index contributed by atoms with van der Waals surface area (Å²) in [5.41, 5.74) is 1.82. The van der Waals surface area contributed by atoms with E-state index in [1.54, 1.807) is 36.3 Å². The molecular formula is C20H18N6O5. The summed E-state index contributed by atoms with van der Waals surface area (Å²) in [4.78, 5) is 28.7. The quantitative estimate of drug-likeness (QED) is 0.464. The second-order valence-corrected chi connectivity index (χ2v) is 6.39. The number of carboxylic acid groups (broad SMARTS) is 1. The third-order valence-electron chi connectivity index (χ3n) is 4.41. The van der Waals surface area contributed by atoms with Gasteiger partial charge in [-0.1, -0.05) is 6.07 Å². The first-order chi connectivity index (χ1) is 15.1. The van der Waals surface area contributed by atoms with Crippen molar-refractivity contribution in [2.45, 2.75) is 6.54 Å². The van der Waals surface area contributed by atoms with Crippen molar-refractivity contribution in [2.24, 2.45) is 0 Å². The molecule has 0 aromatic carbocycles. The molecule has 0 saturated carbocycles. The number of furan rings is 1. The predicted molar refractivity (Wildman–Crippen MR) is 109 cm³/mol. The Balaban J connectivity index is 1.67. The van der Waals surface area contributed by atoms with Gasteiger partial charge < -0.3 is 19.6 Å². The van der Waals surface area contributed by atoms with Gasteiger partial charge >= 0.3 is 6.09 Å². The molecule has 158 valence electrons. The van der Waals surface area contributed by atoms with E-state index in [0.29, 0.717) is 30.2 Å². The van der Waals surface area contributed by atoms with Crippen molar-refractivity contribution in [3.05, 3.63) is 60.7 Å². The van der Waals surface area contributed by atoms with Crippen LogP contribution in [-0.4, -0.2) is 55.4 Å². The number of aromatic nitrogens is 5. The van der Waals surface area contributed by atoms with Gasteiger partial charge in [0, 0.05) is 19.5 Å². The van der Waals surface area contributed by atoms with Crippen molar-refractivity contribution in [1.29, 1.82) is 0 Å². The van der Waals surface area contributed by atoms with Gasteiger partial charge in [-0.05, 0) is 24.3 Å². The highest BCUT2D eigenvalue weighted by molar-refractivity contribution is 6.09. The van der Waals surface area contributed by atoms with Crippen LogP contribution in [0, 0.1) is 0 Å². The molecule has 0 bridgehead atoms. The molecule has 4 aromatic rings. The smallest absolute Gasteiger partial charge is 0.432 e. The fourth-order valence-electron chi connectivity index (χ4n) is 3.01. The van der Waals surface area contributed by atoms with Crippen LogP contribution in [0.2, 0.25) is 0 Å². The number of nitrogens with zero attached hydrogens (tertiary/aromatic N) is 5. The number of amides is 1. The molecule has 11 heteroatoms. The molecule has 0 radical (unpaired) electrons. The summed E-state index contributed by atoms with van der Waals surface area (Å²) < 4.78 is 12.9. The molecule has 11 nitrogen and oxygen atoms in total. The third kappa shape index (κ3) is 4.07. The van der Waals surface area contributed by atoms with Crippen molar-refractivity contribution in [1.82, 2.24) is 24.5 Å². The van der Waals surface area contributed by atoms with Crippen LogP contribution < -0.4 is 5.32 Å². The average Bonchev–Trinajstić information content (AvgIpc) is 3.51. The van der Waals surface area contributed by atoms with E-state index in [9.17, 15) is 14.7 Å². The van der Waals surface area contributed by atoms with Crippen LogP contribution in [0.4, 0.5) is 10.5 Å². The molecule has 0 aliphatic heterocycles. The standard InChI is InChI=1S/C20H18N6O5/c1-30-11-9-25-12-15(17(24-25)14-4-2-3-7-21-14)23-19(27)13-6-10-31-18(13)16-5-8-22-26(16)20(28)29/h2-8,10,12H,9,11H2,1H3,(H,23,27)(H,28,29). The maximum absolute atomic E-state index is 13.0. The Morgan fingerprint density at radius 3 is 2.84 bits per heavy atom. The molecule has 0 saturated heterocycles. The normalized spacial score (nSPS) is 10.9. The minimum absolute atomic E-state index is 0.0866. The molecule has 4 aromatic heterocycles. The van der Waals surface area contributed by atoms with Gasteiger partial charge in [-0.25, -0.2) is 4.79 Å². The Hall–Kier alpha value is -4.25. The maximum Gasteiger partial charge on any atom is 0.432 e. The molecule has 0 unspecified atom stereocenters. The highest BCUT2D eigenvalue weighted by atomic mass is 16.5. The number of nitrogens with one attached hydrogen (secondary N) is 1. The Morgan fingerprint density at radius 2 is 2.10 bits per heavy atom. The van der Waals surface area contributed by atoms with Gasteiger partial charge in [0.25, 0.3) is 5.91 Å². The SMILES string of the molecule is COCCn1cc(NC(=O)c2ccoc2-c2ccnn2C(=O)O)c(-c2ccccn2)n1. The van der Waals surface area contributed by atoms with Gasteiger partial charge in [0.05, 0.1) is 42.6 Å². The van der Waals surface area contributed by atoms with Crippen LogP contribution in [0.5, 0.6) is 0 Å². The van der Waals surface area contributed by atoms with Gasteiger partial charge in [0.15, 0.2) is 5.76 Å². The largest absolute Gasteiger partial charge is 0.463 e. The average molecular weight is 422 g/mol. The van der Waals surface area contributed by atoms with Gasteiger partial charge in [-0.3, -0.25) is 14.5 Å². The van der Waals surface area contributed by atoms with Crippen LogP contribution in [0.15, 0.2) is 59.6 Å². The summed E-state index contributed by atoms with van der Waals surface area (Å²) in [5, 5.41) is 20.3. The fourth-order valence-corrected chi connectivity index (χ4v) is 3.01. The van der Waals surface area contributed by atoms with E-state index in [0.717, 1.165) is 4.68 Å². The zero-order chi connectivity index (χ0) is 21.8. The first kappa shape index (κ1) is 20.0.